The maximum atomic E-state index is 13.4. The number of amides is 2. The van der Waals surface area contributed by atoms with Crippen molar-refractivity contribution in [3.8, 4) is 22.8 Å². The van der Waals surface area contributed by atoms with Gasteiger partial charge in [-0.1, -0.05) is 64.1 Å². The molecule has 0 unspecified atom stereocenters. The molecule has 0 spiro atoms. The van der Waals surface area contributed by atoms with E-state index in [2.05, 4.69) is 58.6 Å². The Labute approximate surface area is 251 Å². The molecular formula is C33H39N7O3. The van der Waals surface area contributed by atoms with E-state index >= 15 is 0 Å². The van der Waals surface area contributed by atoms with Crippen molar-refractivity contribution in [1.29, 1.82) is 0 Å². The van der Waals surface area contributed by atoms with Crippen LogP contribution in [0.4, 0.5) is 0 Å². The van der Waals surface area contributed by atoms with Crippen LogP contribution >= 0.6 is 0 Å². The van der Waals surface area contributed by atoms with Gasteiger partial charge in [-0.05, 0) is 48.6 Å². The summed E-state index contributed by atoms with van der Waals surface area (Å²) in [4.78, 5) is 35.0. The molecule has 10 nitrogen and oxygen atoms in total. The number of benzene rings is 2. The summed E-state index contributed by atoms with van der Waals surface area (Å²) >= 11 is 0. The van der Waals surface area contributed by atoms with Crippen molar-refractivity contribution in [2.75, 3.05) is 0 Å². The van der Waals surface area contributed by atoms with Crippen LogP contribution in [0.3, 0.4) is 0 Å². The molecule has 224 valence electrons. The number of nitrogens with one attached hydrogen (secondary N) is 2. The van der Waals surface area contributed by atoms with Crippen molar-refractivity contribution in [1.82, 2.24) is 34.9 Å². The van der Waals surface area contributed by atoms with E-state index < -0.39 is 0 Å². The summed E-state index contributed by atoms with van der Waals surface area (Å²) in [5.41, 5.74) is 1.39. The lowest BCUT2D eigenvalue weighted by atomic mass is 10.1. The van der Waals surface area contributed by atoms with E-state index in [0.29, 0.717) is 35.9 Å². The van der Waals surface area contributed by atoms with Gasteiger partial charge in [0.05, 0.1) is 12.7 Å². The largest absolute Gasteiger partial charge is 0.431 e. The summed E-state index contributed by atoms with van der Waals surface area (Å²) in [6, 6.07) is 15.8. The Bertz CT molecular complexity index is 1660. The number of carbonyl (C=O) groups is 2. The van der Waals surface area contributed by atoms with Crippen LogP contribution in [0.5, 0.6) is 0 Å². The number of hydrogen-bond donors (Lipinski definition) is 2. The molecule has 0 aliphatic heterocycles. The third-order valence-electron chi connectivity index (χ3n) is 7.79. The topological polar surface area (TPSA) is 120 Å². The van der Waals surface area contributed by atoms with Gasteiger partial charge in [0, 0.05) is 42.1 Å². The summed E-state index contributed by atoms with van der Waals surface area (Å²) < 4.78 is 9.61. The summed E-state index contributed by atoms with van der Waals surface area (Å²) in [6.45, 7) is 9.26. The zero-order chi connectivity index (χ0) is 30.3. The predicted octanol–water partition coefficient (Wildman–Crippen LogP) is 6.09. The molecule has 0 fully saturated rings. The zero-order valence-corrected chi connectivity index (χ0v) is 25.2. The van der Waals surface area contributed by atoms with Crippen LogP contribution in [0.2, 0.25) is 0 Å². The number of aromatic nitrogens is 5. The van der Waals surface area contributed by atoms with E-state index in [-0.39, 0.29) is 35.5 Å². The van der Waals surface area contributed by atoms with Gasteiger partial charge in [0.25, 0.3) is 11.8 Å². The van der Waals surface area contributed by atoms with Crippen LogP contribution in [0, 0.1) is 0 Å². The highest BCUT2D eigenvalue weighted by molar-refractivity contribution is 5.92. The molecule has 0 bridgehead atoms. The fourth-order valence-corrected chi connectivity index (χ4v) is 5.06. The van der Waals surface area contributed by atoms with Crippen molar-refractivity contribution >= 4 is 22.6 Å². The fraction of sp³-hybridized carbons (Fsp3) is 0.364. The Hall–Kier alpha value is -4.73. The molecule has 3 heterocycles. The number of fused-ring (bicyclic) bond motifs is 1. The van der Waals surface area contributed by atoms with E-state index in [4.69, 9.17) is 14.5 Å². The highest BCUT2D eigenvalue weighted by Crippen LogP contribution is 2.25. The lowest BCUT2D eigenvalue weighted by molar-refractivity contribution is 0.0903. The van der Waals surface area contributed by atoms with E-state index in [9.17, 15) is 9.59 Å². The zero-order valence-electron chi connectivity index (χ0n) is 25.2. The highest BCUT2D eigenvalue weighted by Gasteiger charge is 2.22. The summed E-state index contributed by atoms with van der Waals surface area (Å²) in [7, 11) is 0. The Morgan fingerprint density at radius 1 is 0.814 bits per heavy atom. The molecule has 0 saturated heterocycles. The van der Waals surface area contributed by atoms with Crippen LogP contribution in [0.25, 0.3) is 33.6 Å². The average Bonchev–Trinajstić information content (AvgIpc) is 3.79. The molecule has 5 rings (SSSR count). The molecule has 0 aliphatic rings. The van der Waals surface area contributed by atoms with Gasteiger partial charge < -0.3 is 19.6 Å². The van der Waals surface area contributed by atoms with Gasteiger partial charge in [-0.2, -0.15) is 5.10 Å². The molecule has 0 saturated carbocycles. The summed E-state index contributed by atoms with van der Waals surface area (Å²) in [6.07, 6.45) is 8.96. The lowest BCUT2D eigenvalue weighted by Crippen LogP contribution is -2.35. The molecule has 5 aromatic rings. The van der Waals surface area contributed by atoms with Crippen molar-refractivity contribution in [3.63, 3.8) is 0 Å². The second-order valence-corrected chi connectivity index (χ2v) is 10.7. The fourth-order valence-electron chi connectivity index (χ4n) is 5.06. The maximum absolute atomic E-state index is 13.4. The quantitative estimate of drug-likeness (QED) is 0.174. The van der Waals surface area contributed by atoms with E-state index in [0.717, 1.165) is 36.5 Å². The molecule has 0 aliphatic carbocycles. The van der Waals surface area contributed by atoms with Gasteiger partial charge in [-0.25, -0.2) is 14.6 Å². The van der Waals surface area contributed by atoms with Crippen LogP contribution in [-0.2, 0) is 13.1 Å². The van der Waals surface area contributed by atoms with Crippen LogP contribution in [-0.4, -0.2) is 48.2 Å². The molecule has 0 atom stereocenters. The minimum Gasteiger partial charge on any atom is -0.431 e. The second-order valence-electron chi connectivity index (χ2n) is 10.7. The highest BCUT2D eigenvalue weighted by atomic mass is 16.4. The van der Waals surface area contributed by atoms with E-state index in [1.54, 1.807) is 4.68 Å². The number of nitrogens with zero attached hydrogens (tertiary/aromatic N) is 5. The molecule has 2 N–H and O–H groups in total. The first kappa shape index (κ1) is 29.8. The van der Waals surface area contributed by atoms with Crippen molar-refractivity contribution in [2.45, 2.75) is 78.6 Å². The Kier molecular flexibility index (Phi) is 9.34. The van der Waals surface area contributed by atoms with Gasteiger partial charge in [0.15, 0.2) is 5.82 Å². The standard InChI is InChI=1S/C33H39N7O3/c1-5-26(6-2)35-31(41)28-19-34-33(43-28)23-15-11-14-22(18-23)29-37-30(32(42)36-27(7-3)8-4)40(38-29)17-16-39-20-24-12-9-10-13-25(24)21-39/h9-15,18-21,26-27H,5-8,16-17H2,1-4H3,(H,35,41)(H,36,42). The van der Waals surface area contributed by atoms with E-state index in [1.165, 1.54) is 6.20 Å². The normalized spacial score (nSPS) is 11.5. The molecule has 0 radical (unpaired) electrons. The van der Waals surface area contributed by atoms with Gasteiger partial charge >= 0.3 is 0 Å². The van der Waals surface area contributed by atoms with Crippen LogP contribution in [0.1, 0.15) is 74.6 Å². The molecular weight excluding hydrogens is 542 g/mol. The first-order valence-electron chi connectivity index (χ1n) is 15.1. The maximum Gasteiger partial charge on any atom is 0.289 e. The minimum atomic E-state index is -0.285. The Balaban J connectivity index is 1.41. The number of hydrogen-bond acceptors (Lipinski definition) is 6. The number of oxazole rings is 1. The van der Waals surface area contributed by atoms with Crippen molar-refractivity contribution < 1.29 is 14.0 Å². The Morgan fingerprint density at radius 3 is 2.09 bits per heavy atom. The minimum absolute atomic E-state index is 0.0560. The predicted molar refractivity (Wildman–Crippen MR) is 167 cm³/mol. The third-order valence-corrected chi connectivity index (χ3v) is 7.79. The number of rotatable bonds is 13. The molecule has 43 heavy (non-hydrogen) atoms. The van der Waals surface area contributed by atoms with Crippen molar-refractivity contribution in [3.05, 3.63) is 78.7 Å². The van der Waals surface area contributed by atoms with Crippen molar-refractivity contribution in [2.24, 2.45) is 0 Å². The second kappa shape index (κ2) is 13.5. The third kappa shape index (κ3) is 6.85. The van der Waals surface area contributed by atoms with Gasteiger partial charge in [0.2, 0.25) is 17.5 Å². The first-order chi connectivity index (χ1) is 20.9. The van der Waals surface area contributed by atoms with Gasteiger partial charge in [-0.3, -0.25) is 9.59 Å². The SMILES string of the molecule is CCC(CC)NC(=O)c1cnc(-c2cccc(-c3nc(C(=O)NC(CC)CC)n(CCn4cc5ccccc5c4)n3)c2)o1. The van der Waals surface area contributed by atoms with Gasteiger partial charge in [0.1, 0.15) is 0 Å². The average molecular weight is 582 g/mol. The lowest BCUT2D eigenvalue weighted by Gasteiger charge is -2.14. The molecule has 2 amide bonds. The summed E-state index contributed by atoms with van der Waals surface area (Å²) in [5, 5.41) is 13.2. The van der Waals surface area contributed by atoms with E-state index in [1.807, 2.05) is 50.2 Å². The molecule has 10 heteroatoms. The Morgan fingerprint density at radius 2 is 1.44 bits per heavy atom. The monoisotopic (exact) mass is 581 g/mol. The summed E-state index contributed by atoms with van der Waals surface area (Å²) in [5.74, 6) is 0.637. The number of aryl methyl sites for hydroxylation is 2. The molecule has 3 aromatic heterocycles. The van der Waals surface area contributed by atoms with Crippen LogP contribution in [0.15, 0.2) is 71.5 Å². The van der Waals surface area contributed by atoms with Crippen LogP contribution < -0.4 is 10.6 Å². The number of carbonyl (C=O) groups excluding carboxylic acids is 2. The van der Waals surface area contributed by atoms with Gasteiger partial charge in [-0.15, -0.1) is 0 Å². The molecule has 2 aromatic carbocycles. The first-order valence-corrected chi connectivity index (χ1v) is 15.1. The smallest absolute Gasteiger partial charge is 0.289 e.